The number of nitrogens with two attached hydrogens (primary N) is 1. The molecule has 2 unspecified atom stereocenters. The Kier molecular flexibility index (Phi) is 3.37. The number of nitrogens with one attached hydrogen (secondary N) is 1. The summed E-state index contributed by atoms with van der Waals surface area (Å²) in [6, 6.07) is 0.244. The maximum Gasteiger partial charge on any atom is 0.231 e. The molecule has 2 saturated heterocycles. The number of nitrogen functional groups attached to an aromatic ring is 1. The predicted octanol–water partition coefficient (Wildman–Crippen LogP) is 0.643. The van der Waals surface area contributed by atoms with Crippen LogP contribution in [0.15, 0.2) is 0 Å². The summed E-state index contributed by atoms with van der Waals surface area (Å²) in [6.45, 7) is 4.81. The van der Waals surface area contributed by atoms with Gasteiger partial charge in [0, 0.05) is 19.7 Å². The van der Waals surface area contributed by atoms with Crippen molar-refractivity contribution in [2.75, 3.05) is 35.6 Å². The fourth-order valence-corrected chi connectivity index (χ4v) is 2.59. The van der Waals surface area contributed by atoms with E-state index < -0.39 is 0 Å². The van der Waals surface area contributed by atoms with Crippen molar-refractivity contribution in [3.8, 4) is 0 Å². The van der Waals surface area contributed by atoms with E-state index in [9.17, 15) is 0 Å². The minimum absolute atomic E-state index is 0.174. The number of ether oxygens (including phenoxy) is 1. The molecule has 0 spiro atoms. The van der Waals surface area contributed by atoms with E-state index in [0.29, 0.717) is 11.9 Å². The molecule has 0 saturated carbocycles. The highest BCUT2D eigenvalue weighted by atomic mass is 16.5. The van der Waals surface area contributed by atoms with Crippen LogP contribution in [-0.2, 0) is 4.74 Å². The molecule has 1 aromatic rings. The summed E-state index contributed by atoms with van der Waals surface area (Å²) in [6.07, 6.45) is 3.50. The van der Waals surface area contributed by atoms with Crippen molar-refractivity contribution in [3.63, 3.8) is 0 Å². The van der Waals surface area contributed by atoms with E-state index in [4.69, 9.17) is 10.5 Å². The van der Waals surface area contributed by atoms with Gasteiger partial charge in [-0.2, -0.15) is 15.0 Å². The van der Waals surface area contributed by atoms with Gasteiger partial charge in [0.2, 0.25) is 17.8 Å². The van der Waals surface area contributed by atoms with Crippen LogP contribution in [0, 0.1) is 0 Å². The van der Waals surface area contributed by atoms with Gasteiger partial charge in [0.15, 0.2) is 0 Å². The fourth-order valence-electron chi connectivity index (χ4n) is 2.59. The minimum Gasteiger partial charge on any atom is -0.376 e. The average Bonchev–Trinajstić information content (AvgIpc) is 3.01. The van der Waals surface area contributed by atoms with Gasteiger partial charge in [-0.25, -0.2) is 0 Å². The van der Waals surface area contributed by atoms with Gasteiger partial charge in [-0.3, -0.25) is 0 Å². The van der Waals surface area contributed by atoms with Crippen molar-refractivity contribution in [2.45, 2.75) is 38.3 Å². The number of nitrogens with zero attached hydrogens (tertiary/aromatic N) is 4. The highest BCUT2D eigenvalue weighted by Gasteiger charge is 2.25. The SMILES string of the molecule is CC1OCCC1Nc1nc(N)nc(N2CCCC2)n1. The molecule has 7 nitrogen and oxygen atoms in total. The number of anilines is 3. The third kappa shape index (κ3) is 2.70. The van der Waals surface area contributed by atoms with Crippen LogP contribution in [0.3, 0.4) is 0 Å². The Morgan fingerprint density at radius 2 is 2.05 bits per heavy atom. The molecule has 3 heterocycles. The Morgan fingerprint density at radius 1 is 1.26 bits per heavy atom. The van der Waals surface area contributed by atoms with Crippen LogP contribution in [0.2, 0.25) is 0 Å². The quantitative estimate of drug-likeness (QED) is 0.828. The standard InChI is InChI=1S/C12H20N6O/c1-8-9(4-7-19-8)14-11-15-10(13)16-12(17-11)18-5-2-3-6-18/h8-9H,2-7H2,1H3,(H3,13,14,15,16,17). The predicted molar refractivity (Wildman–Crippen MR) is 73.1 cm³/mol. The average molecular weight is 264 g/mol. The first-order valence-corrected chi connectivity index (χ1v) is 6.87. The minimum atomic E-state index is 0.174. The van der Waals surface area contributed by atoms with E-state index in [1.165, 1.54) is 12.8 Å². The fraction of sp³-hybridized carbons (Fsp3) is 0.750. The van der Waals surface area contributed by atoms with Gasteiger partial charge >= 0.3 is 0 Å². The molecular formula is C12H20N6O. The van der Waals surface area contributed by atoms with Gasteiger partial charge < -0.3 is 20.7 Å². The van der Waals surface area contributed by atoms with Gasteiger partial charge in [-0.15, -0.1) is 0 Å². The van der Waals surface area contributed by atoms with Crippen molar-refractivity contribution in [3.05, 3.63) is 0 Å². The monoisotopic (exact) mass is 264 g/mol. The molecule has 0 aromatic carbocycles. The van der Waals surface area contributed by atoms with Gasteiger partial charge in [0.05, 0.1) is 12.1 Å². The molecule has 0 amide bonds. The Bertz CT molecular complexity index is 448. The Labute approximate surface area is 112 Å². The summed E-state index contributed by atoms with van der Waals surface area (Å²) in [5, 5.41) is 3.30. The largest absolute Gasteiger partial charge is 0.376 e. The van der Waals surface area contributed by atoms with E-state index in [2.05, 4.69) is 32.1 Å². The molecule has 0 bridgehead atoms. The molecular weight excluding hydrogens is 244 g/mol. The van der Waals surface area contributed by atoms with Crippen LogP contribution < -0.4 is 16.0 Å². The molecule has 0 radical (unpaired) electrons. The molecule has 19 heavy (non-hydrogen) atoms. The summed E-state index contributed by atoms with van der Waals surface area (Å²) < 4.78 is 5.52. The van der Waals surface area contributed by atoms with Gasteiger partial charge in [-0.1, -0.05) is 0 Å². The van der Waals surface area contributed by atoms with Crippen LogP contribution in [-0.4, -0.2) is 46.8 Å². The van der Waals surface area contributed by atoms with E-state index in [-0.39, 0.29) is 18.1 Å². The number of hydrogen-bond acceptors (Lipinski definition) is 7. The third-order valence-corrected chi connectivity index (χ3v) is 3.72. The van der Waals surface area contributed by atoms with Crippen molar-refractivity contribution in [2.24, 2.45) is 0 Å². The second-order valence-corrected chi connectivity index (χ2v) is 5.13. The summed E-state index contributed by atoms with van der Waals surface area (Å²) in [5.74, 6) is 1.50. The Morgan fingerprint density at radius 3 is 2.74 bits per heavy atom. The molecule has 7 heteroatoms. The molecule has 2 aliphatic heterocycles. The topological polar surface area (TPSA) is 89.2 Å². The van der Waals surface area contributed by atoms with E-state index >= 15 is 0 Å². The first-order chi connectivity index (χ1) is 9.22. The molecule has 2 fully saturated rings. The smallest absolute Gasteiger partial charge is 0.231 e. The van der Waals surface area contributed by atoms with Crippen LogP contribution in [0.1, 0.15) is 26.2 Å². The highest BCUT2D eigenvalue weighted by Crippen LogP contribution is 2.20. The molecule has 0 aliphatic carbocycles. The zero-order chi connectivity index (χ0) is 13.2. The second kappa shape index (κ2) is 5.16. The van der Waals surface area contributed by atoms with E-state index in [1.54, 1.807) is 0 Å². The van der Waals surface area contributed by atoms with Gasteiger partial charge in [0.1, 0.15) is 0 Å². The summed E-state index contributed by atoms with van der Waals surface area (Å²) in [5.41, 5.74) is 5.78. The van der Waals surface area contributed by atoms with Crippen molar-refractivity contribution in [1.82, 2.24) is 15.0 Å². The maximum absolute atomic E-state index is 5.78. The normalized spacial score (nSPS) is 26.9. The van der Waals surface area contributed by atoms with Gasteiger partial charge in [-0.05, 0) is 26.2 Å². The van der Waals surface area contributed by atoms with Gasteiger partial charge in [0.25, 0.3) is 0 Å². The first-order valence-electron chi connectivity index (χ1n) is 6.87. The highest BCUT2D eigenvalue weighted by molar-refractivity contribution is 5.43. The zero-order valence-corrected chi connectivity index (χ0v) is 11.2. The Hall–Kier alpha value is -1.63. The first kappa shape index (κ1) is 12.4. The molecule has 2 atom stereocenters. The third-order valence-electron chi connectivity index (χ3n) is 3.72. The maximum atomic E-state index is 5.78. The van der Waals surface area contributed by atoms with Crippen molar-refractivity contribution >= 4 is 17.8 Å². The lowest BCUT2D eigenvalue weighted by Gasteiger charge is -2.19. The van der Waals surface area contributed by atoms with Crippen molar-refractivity contribution < 1.29 is 4.74 Å². The van der Waals surface area contributed by atoms with Crippen LogP contribution >= 0.6 is 0 Å². The number of rotatable bonds is 3. The molecule has 3 N–H and O–H groups in total. The van der Waals surface area contributed by atoms with Crippen molar-refractivity contribution in [1.29, 1.82) is 0 Å². The Balaban J connectivity index is 1.77. The lowest BCUT2D eigenvalue weighted by Crippen LogP contribution is -2.29. The van der Waals surface area contributed by atoms with Crippen LogP contribution in [0.4, 0.5) is 17.8 Å². The van der Waals surface area contributed by atoms with E-state index in [1.807, 2.05) is 0 Å². The molecule has 3 rings (SSSR count). The lowest BCUT2D eigenvalue weighted by atomic mass is 10.2. The second-order valence-electron chi connectivity index (χ2n) is 5.13. The summed E-state index contributed by atoms with van der Waals surface area (Å²) >= 11 is 0. The van der Waals surface area contributed by atoms with Crippen LogP contribution in [0.25, 0.3) is 0 Å². The summed E-state index contributed by atoms with van der Waals surface area (Å²) in [7, 11) is 0. The molecule has 104 valence electrons. The lowest BCUT2D eigenvalue weighted by molar-refractivity contribution is 0.121. The van der Waals surface area contributed by atoms with E-state index in [0.717, 1.165) is 26.1 Å². The number of aromatic nitrogens is 3. The molecule has 2 aliphatic rings. The molecule has 1 aromatic heterocycles. The van der Waals surface area contributed by atoms with Crippen LogP contribution in [0.5, 0.6) is 0 Å². The summed E-state index contributed by atoms with van der Waals surface area (Å²) in [4.78, 5) is 15.0. The number of hydrogen-bond donors (Lipinski definition) is 2. The zero-order valence-electron chi connectivity index (χ0n) is 11.2.